The Balaban J connectivity index is 1.99. The van der Waals surface area contributed by atoms with E-state index in [4.69, 9.17) is 4.42 Å². The number of carbonyl (C=O) groups is 2. The number of benzene rings is 1. The summed E-state index contributed by atoms with van der Waals surface area (Å²) in [5.41, 5.74) is 1.30. The zero-order valence-corrected chi connectivity index (χ0v) is 13.5. The molecule has 0 radical (unpaired) electrons. The molecule has 0 bridgehead atoms. The number of carbonyl (C=O) groups excluding carboxylic acids is 2. The van der Waals surface area contributed by atoms with Crippen LogP contribution < -0.4 is 10.6 Å². The van der Waals surface area contributed by atoms with Gasteiger partial charge in [0.25, 0.3) is 0 Å². The summed E-state index contributed by atoms with van der Waals surface area (Å²) in [6.07, 6.45) is 1.61. The van der Waals surface area contributed by atoms with Crippen LogP contribution in [0.3, 0.4) is 0 Å². The van der Waals surface area contributed by atoms with E-state index in [1.807, 2.05) is 19.9 Å². The van der Waals surface area contributed by atoms with Crippen LogP contribution in [0.4, 0.5) is 11.4 Å². The van der Waals surface area contributed by atoms with Gasteiger partial charge in [-0.15, -0.1) is 11.8 Å². The number of hydrogen-bond acceptors (Lipinski definition) is 4. The van der Waals surface area contributed by atoms with Crippen LogP contribution in [0.5, 0.6) is 0 Å². The van der Waals surface area contributed by atoms with Crippen molar-refractivity contribution < 1.29 is 14.0 Å². The predicted molar refractivity (Wildman–Crippen MR) is 88.1 cm³/mol. The average Bonchev–Trinajstić information content (AvgIpc) is 2.84. The third-order valence-corrected chi connectivity index (χ3v) is 4.18. The third-order valence-electron chi connectivity index (χ3n) is 2.93. The second kappa shape index (κ2) is 7.17. The van der Waals surface area contributed by atoms with Crippen molar-refractivity contribution in [2.45, 2.75) is 30.9 Å². The lowest BCUT2D eigenvalue weighted by Gasteiger charge is -2.12. The zero-order valence-electron chi connectivity index (χ0n) is 12.7. The number of aryl methyl sites for hydroxylation is 1. The summed E-state index contributed by atoms with van der Waals surface area (Å²) < 4.78 is 5.22. The van der Waals surface area contributed by atoms with Crippen molar-refractivity contribution in [3.63, 3.8) is 0 Å². The standard InChI is InChI=1S/C16H18N2O3S/c1-10-15(7-8-21-10)22-11(2)16(20)18-14-6-4-5-13(9-14)17-12(3)19/h4-9,11H,1-3H3,(H,17,19)(H,18,20)/t11-/m1/s1. The minimum absolute atomic E-state index is 0.106. The van der Waals surface area contributed by atoms with Gasteiger partial charge in [0.05, 0.1) is 11.5 Å². The summed E-state index contributed by atoms with van der Waals surface area (Å²) in [4.78, 5) is 24.2. The quantitative estimate of drug-likeness (QED) is 0.825. The maximum Gasteiger partial charge on any atom is 0.237 e. The fourth-order valence-corrected chi connectivity index (χ4v) is 2.76. The van der Waals surface area contributed by atoms with Crippen LogP contribution in [0, 0.1) is 6.92 Å². The fourth-order valence-electron chi connectivity index (χ4n) is 1.86. The van der Waals surface area contributed by atoms with Gasteiger partial charge < -0.3 is 15.1 Å². The molecule has 0 saturated heterocycles. The molecule has 6 heteroatoms. The molecule has 5 nitrogen and oxygen atoms in total. The first kappa shape index (κ1) is 16.2. The highest BCUT2D eigenvalue weighted by molar-refractivity contribution is 8.00. The van der Waals surface area contributed by atoms with Crippen LogP contribution in [0.15, 0.2) is 45.9 Å². The van der Waals surface area contributed by atoms with E-state index in [1.54, 1.807) is 30.5 Å². The number of hydrogen-bond donors (Lipinski definition) is 2. The molecule has 0 aliphatic rings. The van der Waals surface area contributed by atoms with Crippen LogP contribution in [0.25, 0.3) is 0 Å². The van der Waals surface area contributed by atoms with Gasteiger partial charge in [-0.2, -0.15) is 0 Å². The Morgan fingerprint density at radius 2 is 1.86 bits per heavy atom. The Morgan fingerprint density at radius 1 is 1.18 bits per heavy atom. The van der Waals surface area contributed by atoms with Gasteiger partial charge in [0.15, 0.2) is 0 Å². The number of amides is 2. The van der Waals surface area contributed by atoms with Crippen LogP contribution >= 0.6 is 11.8 Å². The lowest BCUT2D eigenvalue weighted by Crippen LogP contribution is -2.22. The van der Waals surface area contributed by atoms with E-state index in [2.05, 4.69) is 10.6 Å². The Bertz CT molecular complexity index is 682. The molecule has 116 valence electrons. The molecule has 0 saturated carbocycles. The van der Waals surface area contributed by atoms with Crippen molar-refractivity contribution >= 4 is 35.0 Å². The summed E-state index contributed by atoms with van der Waals surface area (Å²) >= 11 is 1.44. The topological polar surface area (TPSA) is 71.3 Å². The lowest BCUT2D eigenvalue weighted by molar-refractivity contribution is -0.115. The van der Waals surface area contributed by atoms with Crippen LogP contribution in [-0.4, -0.2) is 17.1 Å². The second-order valence-electron chi connectivity index (χ2n) is 4.85. The van der Waals surface area contributed by atoms with Crippen LogP contribution in [0.1, 0.15) is 19.6 Å². The first-order valence-electron chi connectivity index (χ1n) is 6.85. The predicted octanol–water partition coefficient (Wildman–Crippen LogP) is 3.67. The molecule has 2 rings (SSSR count). The van der Waals surface area contributed by atoms with Crippen molar-refractivity contribution in [2.75, 3.05) is 10.6 Å². The number of thioether (sulfide) groups is 1. The van der Waals surface area contributed by atoms with E-state index < -0.39 is 0 Å². The first-order chi connectivity index (χ1) is 10.5. The maximum absolute atomic E-state index is 12.2. The van der Waals surface area contributed by atoms with E-state index in [0.29, 0.717) is 11.4 Å². The van der Waals surface area contributed by atoms with Gasteiger partial charge in [0.1, 0.15) is 5.76 Å². The van der Waals surface area contributed by atoms with E-state index >= 15 is 0 Å². The lowest BCUT2D eigenvalue weighted by atomic mass is 10.2. The molecule has 1 aromatic heterocycles. The Kier molecular flexibility index (Phi) is 5.27. The normalized spacial score (nSPS) is 11.8. The Labute approximate surface area is 133 Å². The highest BCUT2D eigenvalue weighted by atomic mass is 32.2. The van der Waals surface area contributed by atoms with Gasteiger partial charge in [0.2, 0.25) is 11.8 Å². The van der Waals surface area contributed by atoms with Gasteiger partial charge in [0, 0.05) is 23.2 Å². The van der Waals surface area contributed by atoms with E-state index in [-0.39, 0.29) is 17.1 Å². The molecule has 0 fully saturated rings. The summed E-state index contributed by atoms with van der Waals surface area (Å²) in [5, 5.41) is 5.27. The monoisotopic (exact) mass is 318 g/mol. The number of rotatable bonds is 5. The highest BCUT2D eigenvalue weighted by Crippen LogP contribution is 2.28. The molecule has 0 aliphatic heterocycles. The molecule has 0 spiro atoms. The SMILES string of the molecule is CC(=O)Nc1cccc(NC(=O)[C@@H](C)Sc2ccoc2C)c1. The largest absolute Gasteiger partial charge is 0.468 e. The minimum Gasteiger partial charge on any atom is -0.468 e. The van der Waals surface area contributed by atoms with Gasteiger partial charge in [-0.25, -0.2) is 0 Å². The Morgan fingerprint density at radius 3 is 2.45 bits per heavy atom. The Hall–Kier alpha value is -2.21. The first-order valence-corrected chi connectivity index (χ1v) is 7.73. The highest BCUT2D eigenvalue weighted by Gasteiger charge is 2.16. The van der Waals surface area contributed by atoms with Crippen molar-refractivity contribution in [1.82, 2.24) is 0 Å². The maximum atomic E-state index is 12.2. The average molecular weight is 318 g/mol. The molecule has 1 heterocycles. The molecular weight excluding hydrogens is 300 g/mol. The van der Waals surface area contributed by atoms with Crippen molar-refractivity contribution in [1.29, 1.82) is 0 Å². The van der Waals surface area contributed by atoms with Gasteiger partial charge in [-0.1, -0.05) is 6.07 Å². The van der Waals surface area contributed by atoms with E-state index in [9.17, 15) is 9.59 Å². The second-order valence-corrected chi connectivity index (χ2v) is 6.23. The summed E-state index contributed by atoms with van der Waals surface area (Å²) in [6.45, 7) is 5.14. The van der Waals surface area contributed by atoms with E-state index in [1.165, 1.54) is 18.7 Å². The molecule has 0 aliphatic carbocycles. The molecule has 2 N–H and O–H groups in total. The van der Waals surface area contributed by atoms with Gasteiger partial charge in [-0.05, 0) is 38.1 Å². The summed E-state index contributed by atoms with van der Waals surface area (Å²) in [7, 11) is 0. The van der Waals surface area contributed by atoms with Crippen molar-refractivity contribution in [3.8, 4) is 0 Å². The van der Waals surface area contributed by atoms with Gasteiger partial charge >= 0.3 is 0 Å². The van der Waals surface area contributed by atoms with Crippen LogP contribution in [-0.2, 0) is 9.59 Å². The van der Waals surface area contributed by atoms with Gasteiger partial charge in [-0.3, -0.25) is 9.59 Å². The molecular formula is C16H18N2O3S. The van der Waals surface area contributed by atoms with E-state index in [0.717, 1.165) is 10.7 Å². The molecule has 22 heavy (non-hydrogen) atoms. The fraction of sp³-hybridized carbons (Fsp3) is 0.250. The van der Waals surface area contributed by atoms with Crippen LogP contribution in [0.2, 0.25) is 0 Å². The smallest absolute Gasteiger partial charge is 0.237 e. The molecule has 2 aromatic rings. The summed E-state index contributed by atoms with van der Waals surface area (Å²) in [5.74, 6) is 0.547. The van der Waals surface area contributed by atoms with Crippen molar-refractivity contribution in [3.05, 3.63) is 42.4 Å². The van der Waals surface area contributed by atoms with Crippen molar-refractivity contribution in [2.24, 2.45) is 0 Å². The third kappa shape index (κ3) is 4.39. The number of anilines is 2. The molecule has 1 atom stereocenters. The minimum atomic E-state index is -0.263. The zero-order chi connectivity index (χ0) is 16.1. The molecule has 0 unspecified atom stereocenters. The summed E-state index contributed by atoms with van der Waals surface area (Å²) in [6, 6.07) is 8.90. The molecule has 1 aromatic carbocycles. The number of furan rings is 1. The molecule has 2 amide bonds. The number of nitrogens with one attached hydrogen (secondary N) is 2.